The molecule has 0 saturated carbocycles. The standard InChI is InChI=1S/C17H15N3O/c1-11-4-2-6-14(16(11)18)17(21)20-13-7-8-15-12(10-13)5-3-9-19-15/h2-10H,18H2,1H3,(H,20,21). The van der Waals surface area contributed by atoms with Crippen LogP contribution in [0.25, 0.3) is 10.9 Å². The molecule has 4 heteroatoms. The van der Waals surface area contributed by atoms with Crippen molar-refractivity contribution in [2.45, 2.75) is 6.92 Å². The number of carbonyl (C=O) groups excluding carboxylic acids is 1. The lowest BCUT2D eigenvalue weighted by molar-refractivity contribution is 0.102. The molecule has 2 aromatic carbocycles. The maximum absolute atomic E-state index is 12.3. The number of aromatic nitrogens is 1. The van der Waals surface area contributed by atoms with Gasteiger partial charge in [-0.1, -0.05) is 18.2 Å². The van der Waals surface area contributed by atoms with Crippen LogP contribution in [0.3, 0.4) is 0 Å². The molecule has 3 N–H and O–H groups in total. The van der Waals surface area contributed by atoms with Crippen molar-refractivity contribution in [3.8, 4) is 0 Å². The maximum atomic E-state index is 12.3. The third kappa shape index (κ3) is 2.56. The average molecular weight is 277 g/mol. The van der Waals surface area contributed by atoms with Crippen LogP contribution in [-0.2, 0) is 0 Å². The van der Waals surface area contributed by atoms with Crippen molar-refractivity contribution >= 4 is 28.2 Å². The van der Waals surface area contributed by atoms with E-state index in [0.717, 1.165) is 22.2 Å². The molecule has 3 rings (SSSR count). The highest BCUT2D eigenvalue weighted by Crippen LogP contribution is 2.20. The molecule has 1 amide bonds. The highest BCUT2D eigenvalue weighted by Gasteiger charge is 2.11. The highest BCUT2D eigenvalue weighted by molar-refractivity contribution is 6.08. The summed E-state index contributed by atoms with van der Waals surface area (Å²) in [4.78, 5) is 16.6. The summed E-state index contributed by atoms with van der Waals surface area (Å²) in [5.74, 6) is -0.209. The summed E-state index contributed by atoms with van der Waals surface area (Å²) in [5, 5.41) is 3.85. The summed E-state index contributed by atoms with van der Waals surface area (Å²) in [6.07, 6.45) is 1.74. The molecule has 104 valence electrons. The third-order valence-corrected chi connectivity index (χ3v) is 3.43. The van der Waals surface area contributed by atoms with E-state index in [9.17, 15) is 4.79 Å². The lowest BCUT2D eigenvalue weighted by atomic mass is 10.1. The number of nitrogens with one attached hydrogen (secondary N) is 1. The average Bonchev–Trinajstić information content (AvgIpc) is 2.50. The summed E-state index contributed by atoms with van der Waals surface area (Å²) >= 11 is 0. The molecular weight excluding hydrogens is 262 g/mol. The molecule has 1 aromatic heterocycles. The Hall–Kier alpha value is -2.88. The van der Waals surface area contributed by atoms with Crippen molar-refractivity contribution in [3.63, 3.8) is 0 Å². The molecule has 0 aliphatic carbocycles. The SMILES string of the molecule is Cc1cccc(C(=O)Nc2ccc3ncccc3c2)c1N. The van der Waals surface area contributed by atoms with Gasteiger partial charge in [0.15, 0.2) is 0 Å². The Bertz CT molecular complexity index is 827. The topological polar surface area (TPSA) is 68.0 Å². The fraction of sp³-hybridized carbons (Fsp3) is 0.0588. The molecule has 0 spiro atoms. The number of hydrogen-bond acceptors (Lipinski definition) is 3. The second-order valence-electron chi connectivity index (χ2n) is 4.90. The van der Waals surface area contributed by atoms with Gasteiger partial charge < -0.3 is 11.1 Å². The number of fused-ring (bicyclic) bond motifs is 1. The minimum Gasteiger partial charge on any atom is -0.398 e. The van der Waals surface area contributed by atoms with Crippen molar-refractivity contribution in [2.24, 2.45) is 0 Å². The van der Waals surface area contributed by atoms with Gasteiger partial charge in [-0.3, -0.25) is 9.78 Å². The Morgan fingerprint density at radius 2 is 2.00 bits per heavy atom. The van der Waals surface area contributed by atoms with Gasteiger partial charge in [-0.25, -0.2) is 0 Å². The lowest BCUT2D eigenvalue weighted by Gasteiger charge is -2.09. The highest BCUT2D eigenvalue weighted by atomic mass is 16.1. The first-order chi connectivity index (χ1) is 10.1. The number of nitrogens with zero attached hydrogens (tertiary/aromatic N) is 1. The molecule has 0 aliphatic rings. The van der Waals surface area contributed by atoms with Gasteiger partial charge in [-0.15, -0.1) is 0 Å². The van der Waals surface area contributed by atoms with E-state index in [2.05, 4.69) is 10.3 Å². The second kappa shape index (κ2) is 5.25. The molecule has 21 heavy (non-hydrogen) atoms. The minimum atomic E-state index is -0.209. The van der Waals surface area contributed by atoms with Crippen LogP contribution >= 0.6 is 0 Å². The Kier molecular flexibility index (Phi) is 3.28. The Morgan fingerprint density at radius 3 is 2.86 bits per heavy atom. The maximum Gasteiger partial charge on any atom is 0.257 e. The number of pyridine rings is 1. The first-order valence-electron chi connectivity index (χ1n) is 6.66. The molecule has 0 radical (unpaired) electrons. The molecule has 0 saturated heterocycles. The van der Waals surface area contributed by atoms with Crippen LogP contribution in [0.4, 0.5) is 11.4 Å². The van der Waals surface area contributed by atoms with Crippen LogP contribution < -0.4 is 11.1 Å². The van der Waals surface area contributed by atoms with Gasteiger partial charge in [-0.05, 0) is 42.8 Å². The number of anilines is 2. The van der Waals surface area contributed by atoms with Gasteiger partial charge in [0.2, 0.25) is 0 Å². The first-order valence-corrected chi connectivity index (χ1v) is 6.66. The van der Waals surface area contributed by atoms with Gasteiger partial charge in [0, 0.05) is 23.0 Å². The molecule has 0 aliphatic heterocycles. The fourth-order valence-corrected chi connectivity index (χ4v) is 2.23. The first kappa shape index (κ1) is 13.1. The van der Waals surface area contributed by atoms with Crippen molar-refractivity contribution in [3.05, 3.63) is 65.9 Å². The fourth-order valence-electron chi connectivity index (χ4n) is 2.23. The number of nitrogens with two attached hydrogens (primary N) is 1. The van der Waals surface area contributed by atoms with E-state index in [1.165, 1.54) is 0 Å². The molecule has 0 atom stereocenters. The second-order valence-corrected chi connectivity index (χ2v) is 4.90. The number of carbonyl (C=O) groups is 1. The van der Waals surface area contributed by atoms with Crippen molar-refractivity contribution in [1.29, 1.82) is 0 Å². The molecule has 0 unspecified atom stereocenters. The summed E-state index contributed by atoms with van der Waals surface area (Å²) in [7, 11) is 0. The largest absolute Gasteiger partial charge is 0.398 e. The van der Waals surface area contributed by atoms with E-state index >= 15 is 0 Å². The Labute approximate surface area is 122 Å². The van der Waals surface area contributed by atoms with Gasteiger partial charge in [0.1, 0.15) is 0 Å². The van der Waals surface area contributed by atoms with Gasteiger partial charge in [-0.2, -0.15) is 0 Å². The van der Waals surface area contributed by atoms with Crippen LogP contribution in [0, 0.1) is 6.92 Å². The summed E-state index contributed by atoms with van der Waals surface area (Å²) in [6, 6.07) is 14.9. The van der Waals surface area contributed by atoms with Crippen LogP contribution in [0.5, 0.6) is 0 Å². The van der Waals surface area contributed by atoms with E-state index in [4.69, 9.17) is 5.73 Å². The number of aryl methyl sites for hydroxylation is 1. The molecule has 0 bridgehead atoms. The molecule has 1 heterocycles. The predicted molar refractivity (Wildman–Crippen MR) is 85.3 cm³/mol. The number of amides is 1. The zero-order valence-electron chi connectivity index (χ0n) is 11.6. The van der Waals surface area contributed by atoms with Crippen LogP contribution in [0.1, 0.15) is 15.9 Å². The van der Waals surface area contributed by atoms with Crippen LogP contribution in [-0.4, -0.2) is 10.9 Å². The van der Waals surface area contributed by atoms with E-state index < -0.39 is 0 Å². The molecule has 0 fully saturated rings. The summed E-state index contributed by atoms with van der Waals surface area (Å²) in [5.41, 5.74) is 9.47. The quantitative estimate of drug-likeness (QED) is 0.706. The summed E-state index contributed by atoms with van der Waals surface area (Å²) in [6.45, 7) is 1.88. The smallest absolute Gasteiger partial charge is 0.257 e. The van der Waals surface area contributed by atoms with Crippen molar-refractivity contribution < 1.29 is 4.79 Å². The van der Waals surface area contributed by atoms with Crippen LogP contribution in [0.2, 0.25) is 0 Å². The minimum absolute atomic E-state index is 0.209. The lowest BCUT2D eigenvalue weighted by Crippen LogP contribution is -2.14. The zero-order valence-corrected chi connectivity index (χ0v) is 11.6. The molecular formula is C17H15N3O. The Morgan fingerprint density at radius 1 is 1.14 bits per heavy atom. The van der Waals surface area contributed by atoms with Crippen molar-refractivity contribution in [1.82, 2.24) is 4.98 Å². The zero-order chi connectivity index (χ0) is 14.8. The number of hydrogen-bond donors (Lipinski definition) is 2. The van der Waals surface area contributed by atoms with Gasteiger partial charge in [0.05, 0.1) is 11.1 Å². The number of nitrogen functional groups attached to an aromatic ring is 1. The predicted octanol–water partition coefficient (Wildman–Crippen LogP) is 3.38. The van der Waals surface area contributed by atoms with Crippen LogP contribution in [0.15, 0.2) is 54.7 Å². The number of rotatable bonds is 2. The molecule has 4 nitrogen and oxygen atoms in total. The van der Waals surface area contributed by atoms with Gasteiger partial charge >= 0.3 is 0 Å². The van der Waals surface area contributed by atoms with E-state index in [1.54, 1.807) is 12.3 Å². The number of benzene rings is 2. The van der Waals surface area contributed by atoms with Gasteiger partial charge in [0.25, 0.3) is 5.91 Å². The Balaban J connectivity index is 1.91. The van der Waals surface area contributed by atoms with E-state index in [1.807, 2.05) is 49.4 Å². The van der Waals surface area contributed by atoms with Crippen molar-refractivity contribution in [2.75, 3.05) is 11.1 Å². The van der Waals surface area contributed by atoms with E-state index in [0.29, 0.717) is 11.3 Å². The molecule has 3 aromatic rings. The van der Waals surface area contributed by atoms with E-state index in [-0.39, 0.29) is 5.91 Å². The third-order valence-electron chi connectivity index (χ3n) is 3.43. The monoisotopic (exact) mass is 277 g/mol. The summed E-state index contributed by atoms with van der Waals surface area (Å²) < 4.78 is 0. The normalized spacial score (nSPS) is 10.5. The number of para-hydroxylation sites is 1.